The van der Waals surface area contributed by atoms with Gasteiger partial charge in [0.1, 0.15) is 6.23 Å². The molecule has 1 aromatic heterocycles. The maximum Gasteiger partial charge on any atom is 0.330 e. The summed E-state index contributed by atoms with van der Waals surface area (Å²) in [7, 11) is 3.78. The zero-order valence-electron chi connectivity index (χ0n) is 11.3. The first-order chi connectivity index (χ1) is 8.88. The molecule has 1 unspecified atom stereocenters. The van der Waals surface area contributed by atoms with Gasteiger partial charge in [0.15, 0.2) is 0 Å². The second kappa shape index (κ2) is 5.28. The number of likely N-dealkylation sites (N-methyl/N-ethyl adjacent to an activating group) is 1. The van der Waals surface area contributed by atoms with Crippen LogP contribution < -0.4 is 11.2 Å². The van der Waals surface area contributed by atoms with Crippen LogP contribution in [0.2, 0.25) is 0 Å². The second-order valence-electron chi connectivity index (χ2n) is 5.17. The number of nitrogens with zero attached hydrogens (tertiary/aromatic N) is 2. The van der Waals surface area contributed by atoms with Crippen LogP contribution in [0, 0.1) is 6.92 Å². The number of hydrogen-bond acceptors (Lipinski definition) is 5. The molecular formula is C12H19N3O4. The molecule has 0 aliphatic carbocycles. The van der Waals surface area contributed by atoms with Crippen molar-refractivity contribution in [1.29, 1.82) is 0 Å². The number of H-pyrrole nitrogens is 1. The summed E-state index contributed by atoms with van der Waals surface area (Å²) < 4.78 is 7.02. The fraction of sp³-hybridized carbons (Fsp3) is 0.667. The molecule has 7 nitrogen and oxygen atoms in total. The van der Waals surface area contributed by atoms with Crippen molar-refractivity contribution >= 4 is 0 Å². The van der Waals surface area contributed by atoms with Crippen LogP contribution in [0.5, 0.6) is 0 Å². The first-order valence-electron chi connectivity index (χ1n) is 6.19. The van der Waals surface area contributed by atoms with Gasteiger partial charge in [-0.1, -0.05) is 0 Å². The standard InChI is InChI=1S/C12H19N3O4/c1-7-5-15(12(18)13-11(7)17)10-4-8(16)9(19-10)6-14(2)3/h5,8-10,16H,4,6H2,1-3H3,(H,13,17,18)/t8?,9-,10-/m1/s1. The average molecular weight is 269 g/mol. The van der Waals surface area contributed by atoms with Crippen LogP contribution in [0.15, 0.2) is 15.8 Å². The van der Waals surface area contributed by atoms with Crippen molar-refractivity contribution in [2.24, 2.45) is 0 Å². The van der Waals surface area contributed by atoms with Gasteiger partial charge in [0, 0.05) is 24.7 Å². The smallest absolute Gasteiger partial charge is 0.330 e. The van der Waals surface area contributed by atoms with Crippen LogP contribution in [0.25, 0.3) is 0 Å². The third-order valence-electron chi connectivity index (χ3n) is 3.21. The zero-order valence-corrected chi connectivity index (χ0v) is 11.3. The molecule has 0 radical (unpaired) electrons. The predicted octanol–water partition coefficient (Wildman–Crippen LogP) is -0.945. The van der Waals surface area contributed by atoms with Crippen molar-refractivity contribution in [3.63, 3.8) is 0 Å². The minimum atomic E-state index is -0.619. The number of aromatic nitrogens is 2. The molecule has 0 saturated carbocycles. The first-order valence-corrected chi connectivity index (χ1v) is 6.19. The molecule has 19 heavy (non-hydrogen) atoms. The molecule has 106 valence electrons. The van der Waals surface area contributed by atoms with Crippen molar-refractivity contribution < 1.29 is 9.84 Å². The topological polar surface area (TPSA) is 87.6 Å². The number of ether oxygens (including phenoxy) is 1. The van der Waals surface area contributed by atoms with Gasteiger partial charge in [-0.25, -0.2) is 4.79 Å². The van der Waals surface area contributed by atoms with Crippen molar-refractivity contribution in [2.45, 2.75) is 31.8 Å². The van der Waals surface area contributed by atoms with Crippen molar-refractivity contribution in [3.05, 3.63) is 32.6 Å². The van der Waals surface area contributed by atoms with Gasteiger partial charge in [-0.2, -0.15) is 0 Å². The Bertz CT molecular complexity index is 563. The molecule has 1 aromatic rings. The lowest BCUT2D eigenvalue weighted by Gasteiger charge is -2.19. The lowest BCUT2D eigenvalue weighted by molar-refractivity contribution is -0.0306. The van der Waals surface area contributed by atoms with E-state index in [1.165, 1.54) is 10.8 Å². The van der Waals surface area contributed by atoms with E-state index in [1.54, 1.807) is 6.92 Å². The largest absolute Gasteiger partial charge is 0.390 e. The minimum absolute atomic E-state index is 0.334. The summed E-state index contributed by atoms with van der Waals surface area (Å²) in [5.41, 5.74) is -0.475. The Labute approximate surface area is 110 Å². The van der Waals surface area contributed by atoms with E-state index in [1.807, 2.05) is 19.0 Å². The molecule has 0 spiro atoms. The van der Waals surface area contributed by atoms with Gasteiger partial charge >= 0.3 is 5.69 Å². The first kappa shape index (κ1) is 14.0. The number of aromatic amines is 1. The Kier molecular flexibility index (Phi) is 3.88. The van der Waals surface area contributed by atoms with Crippen LogP contribution >= 0.6 is 0 Å². The summed E-state index contributed by atoms with van der Waals surface area (Å²) in [6.45, 7) is 2.20. The lowest BCUT2D eigenvalue weighted by atomic mass is 10.1. The zero-order chi connectivity index (χ0) is 14.2. The summed E-state index contributed by atoms with van der Waals surface area (Å²) in [5.74, 6) is 0. The van der Waals surface area contributed by atoms with Crippen molar-refractivity contribution in [2.75, 3.05) is 20.6 Å². The third-order valence-corrected chi connectivity index (χ3v) is 3.21. The second-order valence-corrected chi connectivity index (χ2v) is 5.17. The van der Waals surface area contributed by atoms with E-state index in [2.05, 4.69) is 4.98 Å². The molecule has 1 aliphatic heterocycles. The van der Waals surface area contributed by atoms with Crippen molar-refractivity contribution in [3.8, 4) is 0 Å². The highest BCUT2D eigenvalue weighted by Gasteiger charge is 2.35. The summed E-state index contributed by atoms with van der Waals surface area (Å²) in [4.78, 5) is 27.2. The Balaban J connectivity index is 2.23. The molecule has 0 amide bonds. The molecule has 0 aromatic carbocycles. The highest BCUT2D eigenvalue weighted by atomic mass is 16.5. The van der Waals surface area contributed by atoms with E-state index in [0.717, 1.165) is 0 Å². The van der Waals surface area contributed by atoms with Gasteiger partial charge in [-0.05, 0) is 21.0 Å². The fourth-order valence-corrected chi connectivity index (χ4v) is 2.21. The SMILES string of the molecule is Cc1cn([C@H]2CC(O)[C@@H](CN(C)C)O2)c(=O)[nH]c1=O. The molecule has 1 saturated heterocycles. The fourth-order valence-electron chi connectivity index (χ4n) is 2.21. The number of rotatable bonds is 3. The van der Waals surface area contributed by atoms with Crippen LogP contribution in [0.4, 0.5) is 0 Å². The molecule has 2 heterocycles. The number of aryl methyl sites for hydroxylation is 1. The molecule has 1 fully saturated rings. The van der Waals surface area contributed by atoms with Crippen LogP contribution in [-0.2, 0) is 4.74 Å². The predicted molar refractivity (Wildman–Crippen MR) is 69.1 cm³/mol. The van der Waals surface area contributed by atoms with E-state index in [9.17, 15) is 14.7 Å². The third kappa shape index (κ3) is 2.94. The van der Waals surface area contributed by atoms with Gasteiger partial charge in [-0.15, -0.1) is 0 Å². The molecule has 7 heteroatoms. The lowest BCUT2D eigenvalue weighted by Crippen LogP contribution is -2.34. The number of nitrogens with one attached hydrogen (secondary N) is 1. The maximum atomic E-state index is 11.8. The Morgan fingerprint density at radius 2 is 2.21 bits per heavy atom. The molecule has 0 bridgehead atoms. The number of aliphatic hydroxyl groups is 1. The molecule has 2 rings (SSSR count). The van der Waals surface area contributed by atoms with E-state index in [4.69, 9.17) is 4.74 Å². The monoisotopic (exact) mass is 269 g/mol. The molecular weight excluding hydrogens is 250 g/mol. The van der Waals surface area contributed by atoms with Gasteiger partial charge in [0.25, 0.3) is 5.56 Å². The highest BCUT2D eigenvalue weighted by molar-refractivity contribution is 5.02. The van der Waals surface area contributed by atoms with Gasteiger partial charge in [0.05, 0.1) is 12.2 Å². The van der Waals surface area contributed by atoms with Gasteiger partial charge in [0.2, 0.25) is 0 Å². The van der Waals surface area contributed by atoms with Gasteiger partial charge < -0.3 is 14.7 Å². The van der Waals surface area contributed by atoms with Crippen LogP contribution in [0.3, 0.4) is 0 Å². The summed E-state index contributed by atoms with van der Waals surface area (Å²) in [5, 5.41) is 9.95. The normalized spacial score (nSPS) is 27.1. The van der Waals surface area contributed by atoms with E-state index in [-0.39, 0.29) is 6.10 Å². The van der Waals surface area contributed by atoms with Crippen LogP contribution in [0.1, 0.15) is 18.2 Å². The summed E-state index contributed by atoms with van der Waals surface area (Å²) >= 11 is 0. The minimum Gasteiger partial charge on any atom is -0.390 e. The van der Waals surface area contributed by atoms with Crippen molar-refractivity contribution in [1.82, 2.24) is 14.5 Å². The maximum absolute atomic E-state index is 11.8. The van der Waals surface area contributed by atoms with E-state index >= 15 is 0 Å². The van der Waals surface area contributed by atoms with E-state index < -0.39 is 23.6 Å². The number of aliphatic hydroxyl groups excluding tert-OH is 1. The Morgan fingerprint density at radius 1 is 1.53 bits per heavy atom. The number of hydrogen-bond donors (Lipinski definition) is 2. The van der Waals surface area contributed by atoms with E-state index in [0.29, 0.717) is 18.5 Å². The summed E-state index contributed by atoms with van der Waals surface area (Å²) in [6.07, 6.45) is 0.314. The average Bonchev–Trinajstić information content (AvgIpc) is 2.64. The quantitative estimate of drug-likeness (QED) is 0.739. The van der Waals surface area contributed by atoms with Crippen LogP contribution in [-0.4, -0.2) is 52.4 Å². The highest BCUT2D eigenvalue weighted by Crippen LogP contribution is 2.27. The Morgan fingerprint density at radius 3 is 2.84 bits per heavy atom. The molecule has 1 aliphatic rings. The van der Waals surface area contributed by atoms with Gasteiger partial charge in [-0.3, -0.25) is 14.3 Å². The Hall–Kier alpha value is -1.44. The summed E-state index contributed by atoms with van der Waals surface area (Å²) in [6, 6.07) is 0. The molecule has 2 N–H and O–H groups in total. The molecule has 3 atom stereocenters.